The Morgan fingerprint density at radius 1 is 1.20 bits per heavy atom. The van der Waals surface area contributed by atoms with Gasteiger partial charge >= 0.3 is 0 Å². The van der Waals surface area contributed by atoms with Crippen LogP contribution in [0.2, 0.25) is 0 Å². The van der Waals surface area contributed by atoms with E-state index in [1.807, 2.05) is 10.3 Å². The molecule has 1 amide bonds. The van der Waals surface area contributed by atoms with E-state index in [0.29, 0.717) is 5.75 Å². The van der Waals surface area contributed by atoms with E-state index in [9.17, 15) is 9.18 Å². The van der Waals surface area contributed by atoms with Gasteiger partial charge in [-0.3, -0.25) is 4.79 Å². The Morgan fingerprint density at radius 3 is 2.72 bits per heavy atom. The molecule has 0 aliphatic carbocycles. The number of halogens is 1. The maximum absolute atomic E-state index is 13.2. The SMILES string of the molecule is O=C(CSc1ncnc2scc(-c3ccc(F)cc3)c12)N1CCCC1. The quantitative estimate of drug-likeness (QED) is 0.508. The van der Waals surface area contributed by atoms with Gasteiger partial charge in [-0.1, -0.05) is 23.9 Å². The zero-order chi connectivity index (χ0) is 17.2. The monoisotopic (exact) mass is 373 g/mol. The second kappa shape index (κ2) is 7.09. The van der Waals surface area contributed by atoms with Crippen molar-refractivity contribution in [1.29, 1.82) is 0 Å². The van der Waals surface area contributed by atoms with Crippen LogP contribution in [0, 0.1) is 5.82 Å². The number of benzene rings is 1. The summed E-state index contributed by atoms with van der Waals surface area (Å²) in [4.78, 5) is 23.8. The van der Waals surface area contributed by atoms with Crippen LogP contribution in [0.5, 0.6) is 0 Å². The minimum absolute atomic E-state index is 0.160. The predicted octanol–water partition coefficient (Wildman–Crippen LogP) is 4.21. The van der Waals surface area contributed by atoms with Crippen molar-refractivity contribution < 1.29 is 9.18 Å². The van der Waals surface area contributed by atoms with E-state index < -0.39 is 0 Å². The van der Waals surface area contributed by atoms with Gasteiger partial charge in [0.15, 0.2) is 0 Å². The lowest BCUT2D eigenvalue weighted by molar-refractivity contribution is -0.127. The number of fused-ring (bicyclic) bond motifs is 1. The van der Waals surface area contributed by atoms with Crippen LogP contribution in [-0.2, 0) is 4.79 Å². The summed E-state index contributed by atoms with van der Waals surface area (Å²) in [6.07, 6.45) is 3.72. The Labute approximate surface area is 153 Å². The first-order chi connectivity index (χ1) is 12.2. The average Bonchev–Trinajstić information content (AvgIpc) is 3.30. The molecule has 0 spiro atoms. The lowest BCUT2D eigenvalue weighted by Gasteiger charge is -2.14. The number of hydrogen-bond donors (Lipinski definition) is 0. The molecule has 0 radical (unpaired) electrons. The molecule has 2 aromatic heterocycles. The minimum atomic E-state index is -0.259. The van der Waals surface area contributed by atoms with Gasteiger partial charge in [0, 0.05) is 24.0 Å². The highest BCUT2D eigenvalue weighted by molar-refractivity contribution is 8.00. The summed E-state index contributed by atoms with van der Waals surface area (Å²) in [5.41, 5.74) is 1.91. The van der Waals surface area contributed by atoms with Crippen molar-refractivity contribution >= 4 is 39.2 Å². The summed E-state index contributed by atoms with van der Waals surface area (Å²) < 4.78 is 13.2. The van der Waals surface area contributed by atoms with E-state index in [0.717, 1.165) is 52.3 Å². The zero-order valence-corrected chi connectivity index (χ0v) is 15.1. The fourth-order valence-electron chi connectivity index (χ4n) is 2.99. The fraction of sp³-hybridized carbons (Fsp3) is 0.278. The van der Waals surface area contributed by atoms with Crippen molar-refractivity contribution in [2.75, 3.05) is 18.8 Å². The van der Waals surface area contributed by atoms with E-state index in [1.54, 1.807) is 12.1 Å². The third-order valence-corrected chi connectivity index (χ3v) is 6.14. The largest absolute Gasteiger partial charge is 0.342 e. The van der Waals surface area contributed by atoms with Crippen molar-refractivity contribution in [3.05, 3.63) is 41.8 Å². The van der Waals surface area contributed by atoms with Crippen LogP contribution in [-0.4, -0.2) is 39.6 Å². The number of thioether (sulfide) groups is 1. The molecule has 128 valence electrons. The van der Waals surface area contributed by atoms with Gasteiger partial charge in [-0.2, -0.15) is 0 Å². The average molecular weight is 373 g/mol. The molecule has 4 rings (SSSR count). The van der Waals surface area contributed by atoms with Gasteiger partial charge in [0.05, 0.1) is 11.1 Å². The van der Waals surface area contributed by atoms with Gasteiger partial charge in [-0.15, -0.1) is 11.3 Å². The lowest BCUT2D eigenvalue weighted by atomic mass is 10.1. The molecule has 1 aliphatic heterocycles. The zero-order valence-electron chi connectivity index (χ0n) is 13.4. The molecule has 25 heavy (non-hydrogen) atoms. The van der Waals surface area contributed by atoms with Crippen LogP contribution in [0.4, 0.5) is 4.39 Å². The molecule has 3 heterocycles. The van der Waals surface area contributed by atoms with Crippen molar-refractivity contribution in [2.45, 2.75) is 17.9 Å². The van der Waals surface area contributed by atoms with Crippen LogP contribution in [0.3, 0.4) is 0 Å². The smallest absolute Gasteiger partial charge is 0.232 e. The minimum Gasteiger partial charge on any atom is -0.342 e. The summed E-state index contributed by atoms with van der Waals surface area (Å²) in [6, 6.07) is 6.42. The van der Waals surface area contributed by atoms with Gasteiger partial charge < -0.3 is 4.90 Å². The third kappa shape index (κ3) is 3.39. The molecular formula is C18H16FN3OS2. The number of rotatable bonds is 4. The van der Waals surface area contributed by atoms with Gasteiger partial charge in [-0.25, -0.2) is 14.4 Å². The highest BCUT2D eigenvalue weighted by atomic mass is 32.2. The van der Waals surface area contributed by atoms with Crippen LogP contribution in [0.25, 0.3) is 21.3 Å². The topological polar surface area (TPSA) is 46.1 Å². The Morgan fingerprint density at radius 2 is 1.96 bits per heavy atom. The predicted molar refractivity (Wildman–Crippen MR) is 99.3 cm³/mol. The highest BCUT2D eigenvalue weighted by Crippen LogP contribution is 2.37. The Hall–Kier alpha value is -1.99. The second-order valence-electron chi connectivity index (χ2n) is 5.89. The second-order valence-corrected chi connectivity index (χ2v) is 7.71. The van der Waals surface area contributed by atoms with E-state index in [-0.39, 0.29) is 11.7 Å². The molecule has 7 heteroatoms. The van der Waals surface area contributed by atoms with E-state index >= 15 is 0 Å². The molecule has 0 atom stereocenters. The summed E-state index contributed by atoms with van der Waals surface area (Å²) in [5.74, 6) is 0.281. The molecule has 3 aromatic rings. The standard InChI is InChI=1S/C18H16FN3OS2/c19-13-5-3-12(4-6-13)14-9-24-17-16(14)18(21-11-20-17)25-10-15(23)22-7-1-2-8-22/h3-6,9,11H,1-2,7-8,10H2. The molecule has 0 bridgehead atoms. The highest BCUT2D eigenvalue weighted by Gasteiger charge is 2.19. The molecule has 4 nitrogen and oxygen atoms in total. The molecule has 1 aliphatic rings. The summed E-state index contributed by atoms with van der Waals surface area (Å²) in [6.45, 7) is 1.72. The number of amides is 1. The van der Waals surface area contributed by atoms with Crippen molar-refractivity contribution in [1.82, 2.24) is 14.9 Å². The number of nitrogens with zero attached hydrogens (tertiary/aromatic N) is 3. The maximum Gasteiger partial charge on any atom is 0.232 e. The van der Waals surface area contributed by atoms with E-state index in [1.165, 1.54) is 41.6 Å². The third-order valence-electron chi connectivity index (χ3n) is 4.28. The number of likely N-dealkylation sites (tertiary alicyclic amines) is 1. The van der Waals surface area contributed by atoms with Crippen LogP contribution in [0.15, 0.2) is 41.0 Å². The van der Waals surface area contributed by atoms with Gasteiger partial charge in [-0.05, 0) is 30.5 Å². The van der Waals surface area contributed by atoms with Crippen molar-refractivity contribution in [2.24, 2.45) is 0 Å². The number of carbonyl (C=O) groups is 1. The molecule has 1 saturated heterocycles. The van der Waals surface area contributed by atoms with Crippen LogP contribution < -0.4 is 0 Å². The lowest BCUT2D eigenvalue weighted by Crippen LogP contribution is -2.29. The Kier molecular flexibility index (Phi) is 4.67. The first kappa shape index (κ1) is 16.5. The fourth-order valence-corrected chi connectivity index (χ4v) is 4.88. The van der Waals surface area contributed by atoms with E-state index in [4.69, 9.17) is 0 Å². The van der Waals surface area contributed by atoms with E-state index in [2.05, 4.69) is 9.97 Å². The van der Waals surface area contributed by atoms with Crippen molar-refractivity contribution in [3.63, 3.8) is 0 Å². The van der Waals surface area contributed by atoms with Crippen LogP contribution >= 0.6 is 23.1 Å². The molecule has 0 unspecified atom stereocenters. The van der Waals surface area contributed by atoms with Gasteiger partial charge in [0.25, 0.3) is 0 Å². The van der Waals surface area contributed by atoms with Gasteiger partial charge in [0.1, 0.15) is 22.0 Å². The molecule has 1 fully saturated rings. The Balaban J connectivity index is 1.63. The first-order valence-electron chi connectivity index (χ1n) is 8.11. The Bertz CT molecular complexity index is 904. The summed E-state index contributed by atoms with van der Waals surface area (Å²) in [5, 5.41) is 3.76. The van der Waals surface area contributed by atoms with Gasteiger partial charge in [0.2, 0.25) is 5.91 Å². The molecular weight excluding hydrogens is 357 g/mol. The number of thiophene rings is 1. The molecule has 0 saturated carbocycles. The first-order valence-corrected chi connectivity index (χ1v) is 9.97. The number of aromatic nitrogens is 2. The maximum atomic E-state index is 13.2. The summed E-state index contributed by atoms with van der Waals surface area (Å²) >= 11 is 2.98. The number of carbonyl (C=O) groups excluding carboxylic acids is 1. The normalized spacial score (nSPS) is 14.4. The summed E-state index contributed by atoms with van der Waals surface area (Å²) in [7, 11) is 0. The van der Waals surface area contributed by atoms with Crippen LogP contribution in [0.1, 0.15) is 12.8 Å². The van der Waals surface area contributed by atoms with Crippen molar-refractivity contribution in [3.8, 4) is 11.1 Å². The molecule has 0 N–H and O–H groups in total. The molecule has 1 aromatic carbocycles. The number of hydrogen-bond acceptors (Lipinski definition) is 5.